The molecule has 0 saturated carbocycles. The van der Waals surface area contributed by atoms with Gasteiger partial charge in [0.15, 0.2) is 0 Å². The first-order valence-corrected chi connectivity index (χ1v) is 8.21. The SMILES string of the molecule is Cn1ncc(N2CCN(c3ccnc(C(C)(C)C)n3)CC2)cc1=O. The van der Waals surface area contributed by atoms with Gasteiger partial charge in [-0.3, -0.25) is 4.79 Å². The molecule has 0 amide bonds. The van der Waals surface area contributed by atoms with Crippen molar-refractivity contribution in [3.63, 3.8) is 0 Å². The summed E-state index contributed by atoms with van der Waals surface area (Å²) in [4.78, 5) is 25.3. The molecule has 0 aliphatic carbocycles. The van der Waals surface area contributed by atoms with E-state index in [9.17, 15) is 4.79 Å². The number of hydrogen-bond donors (Lipinski definition) is 0. The molecular weight excluding hydrogens is 304 g/mol. The lowest BCUT2D eigenvalue weighted by molar-refractivity contribution is 0.541. The fourth-order valence-electron chi connectivity index (χ4n) is 2.71. The summed E-state index contributed by atoms with van der Waals surface area (Å²) in [6.45, 7) is 9.74. The van der Waals surface area contributed by atoms with Crippen molar-refractivity contribution < 1.29 is 0 Å². The minimum atomic E-state index is -0.0828. The molecule has 24 heavy (non-hydrogen) atoms. The first kappa shape index (κ1) is 16.4. The molecule has 128 valence electrons. The van der Waals surface area contributed by atoms with Crippen molar-refractivity contribution in [2.24, 2.45) is 7.05 Å². The van der Waals surface area contributed by atoms with Crippen LogP contribution < -0.4 is 15.4 Å². The van der Waals surface area contributed by atoms with Crippen molar-refractivity contribution in [1.29, 1.82) is 0 Å². The van der Waals surface area contributed by atoms with Gasteiger partial charge in [-0.05, 0) is 6.07 Å². The molecule has 1 aliphatic rings. The Balaban J connectivity index is 1.71. The van der Waals surface area contributed by atoms with Gasteiger partial charge in [0, 0.05) is 50.9 Å². The second-order valence-corrected chi connectivity index (χ2v) is 7.14. The second-order valence-electron chi connectivity index (χ2n) is 7.14. The first-order valence-electron chi connectivity index (χ1n) is 8.21. The number of hydrogen-bond acceptors (Lipinski definition) is 6. The maximum atomic E-state index is 11.7. The third-order valence-corrected chi connectivity index (χ3v) is 4.23. The van der Waals surface area contributed by atoms with E-state index in [0.29, 0.717) is 0 Å². The molecule has 1 saturated heterocycles. The largest absolute Gasteiger partial charge is 0.367 e. The lowest BCUT2D eigenvalue weighted by Crippen LogP contribution is -2.47. The predicted octanol–water partition coefficient (Wildman–Crippen LogP) is 1.19. The number of aryl methyl sites for hydroxylation is 1. The Labute approximate surface area is 142 Å². The van der Waals surface area contributed by atoms with Crippen LogP contribution >= 0.6 is 0 Å². The Morgan fingerprint density at radius 2 is 1.75 bits per heavy atom. The third kappa shape index (κ3) is 3.39. The molecule has 7 heteroatoms. The van der Waals surface area contributed by atoms with Gasteiger partial charge in [-0.25, -0.2) is 14.6 Å². The Kier molecular flexibility index (Phi) is 4.26. The lowest BCUT2D eigenvalue weighted by Gasteiger charge is -2.36. The summed E-state index contributed by atoms with van der Waals surface area (Å²) in [5.74, 6) is 1.83. The van der Waals surface area contributed by atoms with E-state index in [1.165, 1.54) is 4.68 Å². The number of aromatic nitrogens is 4. The zero-order chi connectivity index (χ0) is 17.3. The summed E-state index contributed by atoms with van der Waals surface area (Å²) in [6.07, 6.45) is 3.58. The summed E-state index contributed by atoms with van der Waals surface area (Å²) in [5.41, 5.74) is 0.740. The number of nitrogens with zero attached hydrogens (tertiary/aromatic N) is 6. The smallest absolute Gasteiger partial charge is 0.268 e. The van der Waals surface area contributed by atoms with Crippen LogP contribution in [0.4, 0.5) is 11.5 Å². The molecule has 0 N–H and O–H groups in total. The summed E-state index contributed by atoms with van der Waals surface area (Å²) < 4.78 is 1.34. The van der Waals surface area contributed by atoms with Gasteiger partial charge in [-0.2, -0.15) is 5.10 Å². The summed E-state index contributed by atoms with van der Waals surface area (Å²) in [5, 5.41) is 4.10. The van der Waals surface area contributed by atoms with Crippen LogP contribution in [0.2, 0.25) is 0 Å². The average molecular weight is 328 g/mol. The van der Waals surface area contributed by atoms with E-state index in [4.69, 9.17) is 4.98 Å². The van der Waals surface area contributed by atoms with Crippen LogP contribution in [0.3, 0.4) is 0 Å². The Morgan fingerprint density at radius 1 is 1.08 bits per heavy atom. The molecule has 1 fully saturated rings. The van der Waals surface area contributed by atoms with Crippen LogP contribution in [-0.2, 0) is 12.5 Å². The van der Waals surface area contributed by atoms with Gasteiger partial charge in [0.1, 0.15) is 11.6 Å². The molecule has 2 aromatic rings. The van der Waals surface area contributed by atoms with E-state index in [-0.39, 0.29) is 11.0 Å². The number of anilines is 2. The van der Waals surface area contributed by atoms with E-state index in [0.717, 1.165) is 43.5 Å². The minimum absolute atomic E-state index is 0.0619. The van der Waals surface area contributed by atoms with Gasteiger partial charge in [0.25, 0.3) is 5.56 Å². The van der Waals surface area contributed by atoms with Gasteiger partial charge in [0.2, 0.25) is 0 Å². The highest BCUT2D eigenvalue weighted by molar-refractivity contribution is 5.47. The van der Waals surface area contributed by atoms with Crippen molar-refractivity contribution in [3.05, 3.63) is 40.7 Å². The Hall–Kier alpha value is -2.44. The predicted molar refractivity (Wildman–Crippen MR) is 94.6 cm³/mol. The number of rotatable bonds is 2. The molecule has 0 spiro atoms. The van der Waals surface area contributed by atoms with Crippen molar-refractivity contribution >= 4 is 11.5 Å². The quantitative estimate of drug-likeness (QED) is 0.825. The van der Waals surface area contributed by atoms with Crippen LogP contribution in [0, 0.1) is 0 Å². The standard InChI is InChI=1S/C17H24N6O/c1-17(2,3)16-18-6-5-14(20-16)23-9-7-22(8-10-23)13-11-15(24)21(4)19-12-13/h5-6,11-12H,7-10H2,1-4H3. The van der Waals surface area contributed by atoms with Crippen molar-refractivity contribution in [2.45, 2.75) is 26.2 Å². The highest BCUT2D eigenvalue weighted by Crippen LogP contribution is 2.22. The number of piperazine rings is 1. The maximum Gasteiger partial charge on any atom is 0.268 e. The lowest BCUT2D eigenvalue weighted by atomic mass is 9.96. The monoisotopic (exact) mass is 328 g/mol. The van der Waals surface area contributed by atoms with Crippen LogP contribution in [0.25, 0.3) is 0 Å². The zero-order valence-electron chi connectivity index (χ0n) is 14.7. The van der Waals surface area contributed by atoms with E-state index in [1.54, 1.807) is 19.3 Å². The summed E-state index contributed by atoms with van der Waals surface area (Å²) >= 11 is 0. The topological polar surface area (TPSA) is 67.2 Å². The third-order valence-electron chi connectivity index (χ3n) is 4.23. The average Bonchev–Trinajstić information content (AvgIpc) is 2.57. The van der Waals surface area contributed by atoms with Crippen molar-refractivity contribution in [1.82, 2.24) is 19.7 Å². The first-order chi connectivity index (χ1) is 11.3. The van der Waals surface area contributed by atoms with Gasteiger partial charge in [-0.1, -0.05) is 20.8 Å². The Bertz CT molecular complexity index is 771. The van der Waals surface area contributed by atoms with E-state index in [2.05, 4.69) is 40.7 Å². The molecule has 0 atom stereocenters. The van der Waals surface area contributed by atoms with E-state index < -0.39 is 0 Å². The molecule has 0 bridgehead atoms. The zero-order valence-corrected chi connectivity index (χ0v) is 14.7. The fraction of sp³-hybridized carbons (Fsp3) is 0.529. The molecule has 0 aromatic carbocycles. The molecule has 7 nitrogen and oxygen atoms in total. The van der Waals surface area contributed by atoms with E-state index >= 15 is 0 Å². The minimum Gasteiger partial charge on any atom is -0.367 e. The molecule has 3 heterocycles. The highest BCUT2D eigenvalue weighted by atomic mass is 16.1. The molecule has 3 rings (SSSR count). The van der Waals surface area contributed by atoms with E-state index in [1.807, 2.05) is 12.3 Å². The van der Waals surface area contributed by atoms with Gasteiger partial charge in [0.05, 0.1) is 11.9 Å². The molecular formula is C17H24N6O. The van der Waals surface area contributed by atoms with Crippen molar-refractivity contribution in [2.75, 3.05) is 36.0 Å². The maximum absolute atomic E-state index is 11.7. The Morgan fingerprint density at radius 3 is 2.38 bits per heavy atom. The summed E-state index contributed by atoms with van der Waals surface area (Å²) in [6, 6.07) is 3.61. The molecule has 0 unspecified atom stereocenters. The fourth-order valence-corrected chi connectivity index (χ4v) is 2.71. The molecule has 0 radical (unpaired) electrons. The van der Waals surface area contributed by atoms with Crippen molar-refractivity contribution in [3.8, 4) is 0 Å². The van der Waals surface area contributed by atoms with Gasteiger partial charge >= 0.3 is 0 Å². The van der Waals surface area contributed by atoms with Gasteiger partial charge in [-0.15, -0.1) is 0 Å². The molecule has 1 aliphatic heterocycles. The van der Waals surface area contributed by atoms with Crippen LogP contribution in [0.15, 0.2) is 29.3 Å². The second kappa shape index (κ2) is 6.22. The molecule has 2 aromatic heterocycles. The van der Waals surface area contributed by atoms with Crippen LogP contribution in [0.1, 0.15) is 26.6 Å². The van der Waals surface area contributed by atoms with Crippen LogP contribution in [-0.4, -0.2) is 45.9 Å². The normalized spacial score (nSPS) is 15.7. The van der Waals surface area contributed by atoms with Crippen LogP contribution in [0.5, 0.6) is 0 Å². The summed E-state index contributed by atoms with van der Waals surface area (Å²) in [7, 11) is 1.66. The highest BCUT2D eigenvalue weighted by Gasteiger charge is 2.22. The van der Waals surface area contributed by atoms with Gasteiger partial charge < -0.3 is 9.80 Å².